The third-order valence-electron chi connectivity index (χ3n) is 3.32. The molecule has 1 rings (SSSR count). The number of rotatable bonds is 8. The maximum atomic E-state index is 9.43. The zero-order chi connectivity index (χ0) is 16.8. The van der Waals surface area contributed by atoms with Crippen LogP contribution in [-0.2, 0) is 0 Å². The van der Waals surface area contributed by atoms with Gasteiger partial charge in [0.05, 0.1) is 13.2 Å². The molecular formula is C17H29NO2Si2. The Labute approximate surface area is 137 Å². The van der Waals surface area contributed by atoms with Gasteiger partial charge >= 0.3 is 0 Å². The van der Waals surface area contributed by atoms with Gasteiger partial charge in [-0.2, -0.15) is 5.26 Å². The molecule has 0 aromatic heterocycles. The summed E-state index contributed by atoms with van der Waals surface area (Å²) in [6.45, 7) is 15.2. The van der Waals surface area contributed by atoms with Gasteiger partial charge in [0.2, 0.25) is 0 Å². The Kier molecular flexibility index (Phi) is 6.70. The van der Waals surface area contributed by atoms with E-state index in [0.717, 1.165) is 12.1 Å². The average molecular weight is 336 g/mol. The van der Waals surface area contributed by atoms with E-state index < -0.39 is 16.1 Å². The van der Waals surface area contributed by atoms with E-state index in [0.29, 0.717) is 30.3 Å². The van der Waals surface area contributed by atoms with Crippen LogP contribution in [0.15, 0.2) is 18.2 Å². The predicted molar refractivity (Wildman–Crippen MR) is 98.5 cm³/mol. The number of benzene rings is 1. The van der Waals surface area contributed by atoms with Gasteiger partial charge in [0.25, 0.3) is 0 Å². The summed E-state index contributed by atoms with van der Waals surface area (Å²) in [6, 6.07) is 10.0. The van der Waals surface area contributed by atoms with Crippen molar-refractivity contribution in [1.29, 1.82) is 5.26 Å². The summed E-state index contributed by atoms with van der Waals surface area (Å²) in [6.07, 6.45) is 0. The average Bonchev–Trinajstić information content (AvgIpc) is 2.36. The molecule has 0 atom stereocenters. The Bertz CT molecular complexity index is 487. The monoisotopic (exact) mass is 335 g/mol. The molecule has 22 heavy (non-hydrogen) atoms. The fraction of sp³-hybridized carbons (Fsp3) is 0.588. The van der Waals surface area contributed by atoms with E-state index in [4.69, 9.17) is 9.47 Å². The Balaban J connectivity index is 2.71. The van der Waals surface area contributed by atoms with Crippen molar-refractivity contribution in [3.63, 3.8) is 0 Å². The summed E-state index contributed by atoms with van der Waals surface area (Å²) in [5.41, 5.74) is 0.522. The van der Waals surface area contributed by atoms with Crippen LogP contribution in [0.3, 0.4) is 0 Å². The van der Waals surface area contributed by atoms with Gasteiger partial charge in [-0.3, -0.25) is 0 Å². The fourth-order valence-electron chi connectivity index (χ4n) is 1.80. The lowest BCUT2D eigenvalue weighted by molar-refractivity contribution is 0.319. The molecule has 0 aliphatic rings. The van der Waals surface area contributed by atoms with Crippen molar-refractivity contribution in [2.24, 2.45) is 0 Å². The van der Waals surface area contributed by atoms with Crippen LogP contribution in [0.2, 0.25) is 51.4 Å². The highest BCUT2D eigenvalue weighted by atomic mass is 28.3. The molecule has 1 aromatic rings. The third-order valence-corrected chi connectivity index (χ3v) is 6.73. The van der Waals surface area contributed by atoms with Crippen molar-refractivity contribution in [2.45, 2.75) is 51.4 Å². The highest BCUT2D eigenvalue weighted by Crippen LogP contribution is 2.28. The molecule has 0 bridgehead atoms. The van der Waals surface area contributed by atoms with Gasteiger partial charge in [0, 0.05) is 16.1 Å². The molecule has 3 nitrogen and oxygen atoms in total. The van der Waals surface area contributed by atoms with Gasteiger partial charge < -0.3 is 9.47 Å². The standard InChI is InChI=1S/C17H29NO2Si2/c1-21(2,3)12-10-19-16-8-7-9-17(15(16)14-18)20-11-13-22(4,5)6/h7-9H,10-13H2,1-6H3. The minimum absolute atomic E-state index is 0.522. The molecule has 0 heterocycles. The molecule has 0 aliphatic heterocycles. The van der Waals surface area contributed by atoms with Crippen molar-refractivity contribution < 1.29 is 9.47 Å². The van der Waals surface area contributed by atoms with Crippen molar-refractivity contribution in [3.8, 4) is 17.6 Å². The van der Waals surface area contributed by atoms with Crippen LogP contribution in [0.1, 0.15) is 5.56 Å². The summed E-state index contributed by atoms with van der Waals surface area (Å²) in [7, 11) is -2.26. The van der Waals surface area contributed by atoms with E-state index >= 15 is 0 Å². The first kappa shape index (κ1) is 18.8. The molecule has 0 saturated carbocycles. The fourth-order valence-corrected chi connectivity index (χ4v) is 3.22. The topological polar surface area (TPSA) is 42.2 Å². The van der Waals surface area contributed by atoms with E-state index in [1.165, 1.54) is 0 Å². The quantitative estimate of drug-likeness (QED) is 0.628. The molecule has 0 N–H and O–H groups in total. The summed E-state index contributed by atoms with van der Waals surface area (Å²) in [4.78, 5) is 0. The van der Waals surface area contributed by atoms with Gasteiger partial charge in [-0.15, -0.1) is 0 Å². The smallest absolute Gasteiger partial charge is 0.140 e. The molecule has 0 spiro atoms. The summed E-state index contributed by atoms with van der Waals surface area (Å²) >= 11 is 0. The van der Waals surface area contributed by atoms with Crippen LogP contribution in [0.5, 0.6) is 11.5 Å². The molecule has 1 aromatic carbocycles. The number of nitrogens with zero attached hydrogens (tertiary/aromatic N) is 1. The minimum Gasteiger partial charge on any atom is -0.492 e. The van der Waals surface area contributed by atoms with Gasteiger partial charge in [-0.25, -0.2) is 0 Å². The van der Waals surface area contributed by atoms with Gasteiger partial charge in [0.15, 0.2) is 0 Å². The largest absolute Gasteiger partial charge is 0.492 e. The van der Waals surface area contributed by atoms with E-state index in [-0.39, 0.29) is 0 Å². The third kappa shape index (κ3) is 7.14. The predicted octanol–water partition coefficient (Wildman–Crippen LogP) is 4.99. The number of ether oxygens (including phenoxy) is 2. The highest BCUT2D eigenvalue weighted by molar-refractivity contribution is 6.76. The first-order valence-electron chi connectivity index (χ1n) is 7.91. The van der Waals surface area contributed by atoms with Crippen molar-refractivity contribution in [3.05, 3.63) is 23.8 Å². The molecular weight excluding hydrogens is 306 g/mol. The van der Waals surface area contributed by atoms with Crippen molar-refractivity contribution in [2.75, 3.05) is 13.2 Å². The van der Waals surface area contributed by atoms with Crippen LogP contribution in [0, 0.1) is 11.3 Å². The molecule has 0 fully saturated rings. The molecule has 5 heteroatoms. The molecule has 0 amide bonds. The Morgan fingerprint density at radius 2 is 1.27 bits per heavy atom. The molecule has 122 valence electrons. The maximum Gasteiger partial charge on any atom is 0.140 e. The molecule has 0 aliphatic carbocycles. The zero-order valence-electron chi connectivity index (χ0n) is 14.8. The highest BCUT2D eigenvalue weighted by Gasteiger charge is 2.16. The normalized spacial score (nSPS) is 11.9. The van der Waals surface area contributed by atoms with E-state index in [2.05, 4.69) is 45.4 Å². The van der Waals surface area contributed by atoms with Crippen molar-refractivity contribution in [1.82, 2.24) is 0 Å². The van der Waals surface area contributed by atoms with Crippen molar-refractivity contribution >= 4 is 16.1 Å². The summed E-state index contributed by atoms with van der Waals surface area (Å²) < 4.78 is 11.7. The molecule has 0 unspecified atom stereocenters. The van der Waals surface area contributed by atoms with Crippen LogP contribution < -0.4 is 9.47 Å². The lowest BCUT2D eigenvalue weighted by atomic mass is 10.2. The second-order valence-electron chi connectivity index (χ2n) is 8.06. The SMILES string of the molecule is C[Si](C)(C)CCOc1cccc(OCC[Si](C)(C)C)c1C#N. The zero-order valence-corrected chi connectivity index (χ0v) is 16.8. The second kappa shape index (κ2) is 7.84. The first-order chi connectivity index (χ1) is 10.1. The molecule has 0 saturated heterocycles. The number of hydrogen-bond acceptors (Lipinski definition) is 3. The lowest BCUT2D eigenvalue weighted by Crippen LogP contribution is -2.23. The van der Waals surface area contributed by atoms with Crippen LogP contribution in [0.4, 0.5) is 0 Å². The first-order valence-corrected chi connectivity index (χ1v) is 15.3. The van der Waals surface area contributed by atoms with Crippen LogP contribution in [0.25, 0.3) is 0 Å². The van der Waals surface area contributed by atoms with Gasteiger partial charge in [0.1, 0.15) is 23.1 Å². The van der Waals surface area contributed by atoms with E-state index in [9.17, 15) is 5.26 Å². The maximum absolute atomic E-state index is 9.43. The molecule has 0 radical (unpaired) electrons. The Hall–Kier alpha value is -1.26. The summed E-state index contributed by atoms with van der Waals surface area (Å²) in [5.74, 6) is 1.29. The van der Waals surface area contributed by atoms with E-state index in [1.807, 2.05) is 18.2 Å². The minimum atomic E-state index is -1.13. The second-order valence-corrected chi connectivity index (χ2v) is 19.3. The number of nitriles is 1. The van der Waals surface area contributed by atoms with Gasteiger partial charge in [-0.05, 0) is 24.2 Å². The Morgan fingerprint density at radius 1 is 0.864 bits per heavy atom. The lowest BCUT2D eigenvalue weighted by Gasteiger charge is -2.18. The van der Waals surface area contributed by atoms with Crippen LogP contribution in [-0.4, -0.2) is 29.4 Å². The van der Waals surface area contributed by atoms with Gasteiger partial charge in [-0.1, -0.05) is 45.3 Å². The Morgan fingerprint density at radius 3 is 1.59 bits per heavy atom. The van der Waals surface area contributed by atoms with Crippen LogP contribution >= 0.6 is 0 Å². The van der Waals surface area contributed by atoms with E-state index in [1.54, 1.807) is 0 Å². The number of hydrogen-bond donors (Lipinski definition) is 0. The summed E-state index contributed by atoms with van der Waals surface area (Å²) in [5, 5.41) is 9.43.